The molecule has 1 aromatic heterocycles. The zero-order valence-electron chi connectivity index (χ0n) is 11.3. The van der Waals surface area contributed by atoms with Gasteiger partial charge in [-0.1, -0.05) is 18.2 Å². The predicted molar refractivity (Wildman–Crippen MR) is 78.2 cm³/mol. The van der Waals surface area contributed by atoms with Crippen LogP contribution in [0.2, 0.25) is 0 Å². The van der Waals surface area contributed by atoms with E-state index in [2.05, 4.69) is 20.7 Å². The van der Waals surface area contributed by atoms with Crippen LogP contribution in [0.1, 0.15) is 5.56 Å². The molecular formula is C13H18N6. The van der Waals surface area contributed by atoms with Gasteiger partial charge in [-0.15, -0.1) is 0 Å². The number of hydrogen-bond donors (Lipinski definition) is 3. The summed E-state index contributed by atoms with van der Waals surface area (Å²) >= 11 is 0. The fourth-order valence-corrected chi connectivity index (χ4v) is 1.64. The number of nitrogens with one attached hydrogen (secondary N) is 2. The first kappa shape index (κ1) is 13.1. The van der Waals surface area contributed by atoms with Crippen molar-refractivity contribution >= 4 is 23.0 Å². The van der Waals surface area contributed by atoms with Crippen LogP contribution in [0.15, 0.2) is 30.6 Å². The van der Waals surface area contributed by atoms with Crippen molar-refractivity contribution in [3.05, 3.63) is 36.2 Å². The van der Waals surface area contributed by atoms with Gasteiger partial charge in [0, 0.05) is 19.8 Å². The topological polar surface area (TPSA) is 79.1 Å². The van der Waals surface area contributed by atoms with Crippen molar-refractivity contribution in [3.8, 4) is 0 Å². The highest BCUT2D eigenvalue weighted by Crippen LogP contribution is 2.26. The minimum absolute atomic E-state index is 0.486. The van der Waals surface area contributed by atoms with E-state index >= 15 is 0 Å². The molecule has 0 radical (unpaired) electrons. The molecule has 4 N–H and O–H groups in total. The summed E-state index contributed by atoms with van der Waals surface area (Å²) in [6, 6.07) is 7.96. The quantitative estimate of drug-likeness (QED) is 0.728. The molecule has 2 rings (SSSR count). The van der Waals surface area contributed by atoms with E-state index in [1.54, 1.807) is 5.01 Å². The molecular weight excluding hydrogens is 240 g/mol. The first-order valence-electron chi connectivity index (χ1n) is 5.95. The van der Waals surface area contributed by atoms with Crippen molar-refractivity contribution < 1.29 is 0 Å². The van der Waals surface area contributed by atoms with E-state index in [0.717, 1.165) is 11.3 Å². The van der Waals surface area contributed by atoms with Crippen molar-refractivity contribution in [3.63, 3.8) is 0 Å². The van der Waals surface area contributed by atoms with Crippen LogP contribution in [0.5, 0.6) is 0 Å². The molecule has 6 nitrogen and oxygen atoms in total. The molecule has 2 aromatic rings. The molecule has 0 atom stereocenters. The fourth-order valence-electron chi connectivity index (χ4n) is 1.64. The Hall–Kier alpha value is -2.34. The summed E-state index contributed by atoms with van der Waals surface area (Å²) in [4.78, 5) is 8.29. The highest BCUT2D eigenvalue weighted by molar-refractivity contribution is 5.78. The van der Waals surface area contributed by atoms with Crippen molar-refractivity contribution in [2.75, 3.05) is 30.6 Å². The van der Waals surface area contributed by atoms with Crippen molar-refractivity contribution in [1.82, 2.24) is 15.0 Å². The Bertz CT molecular complexity index is 567. The third-order valence-electron chi connectivity index (χ3n) is 2.61. The van der Waals surface area contributed by atoms with Crippen LogP contribution in [-0.2, 0) is 0 Å². The SMILES string of the molecule is Cc1ccccc1Nc1ncnc(NN(C)C)c1N. The minimum atomic E-state index is 0.486. The average Bonchev–Trinajstić information content (AvgIpc) is 2.36. The molecule has 0 spiro atoms. The molecule has 0 amide bonds. The molecule has 100 valence electrons. The second-order valence-electron chi connectivity index (χ2n) is 4.43. The van der Waals surface area contributed by atoms with E-state index in [4.69, 9.17) is 5.73 Å². The van der Waals surface area contributed by atoms with E-state index in [0.29, 0.717) is 17.3 Å². The van der Waals surface area contributed by atoms with Gasteiger partial charge in [0.25, 0.3) is 0 Å². The van der Waals surface area contributed by atoms with Crippen LogP contribution in [0.25, 0.3) is 0 Å². The van der Waals surface area contributed by atoms with Crippen LogP contribution >= 0.6 is 0 Å². The normalized spacial score (nSPS) is 10.5. The zero-order valence-corrected chi connectivity index (χ0v) is 11.3. The van der Waals surface area contributed by atoms with E-state index in [1.165, 1.54) is 6.33 Å². The number of para-hydroxylation sites is 1. The van der Waals surface area contributed by atoms with Gasteiger partial charge < -0.3 is 16.5 Å². The molecule has 0 fully saturated rings. The second kappa shape index (κ2) is 5.53. The third-order valence-corrected chi connectivity index (χ3v) is 2.61. The lowest BCUT2D eigenvalue weighted by molar-refractivity contribution is 0.492. The lowest BCUT2D eigenvalue weighted by atomic mass is 10.2. The van der Waals surface area contributed by atoms with Gasteiger partial charge in [-0.3, -0.25) is 0 Å². The Balaban J connectivity index is 2.28. The Morgan fingerprint density at radius 1 is 1.11 bits per heavy atom. The van der Waals surface area contributed by atoms with Gasteiger partial charge in [-0.2, -0.15) is 0 Å². The summed E-state index contributed by atoms with van der Waals surface area (Å²) in [5.41, 5.74) is 11.7. The molecule has 19 heavy (non-hydrogen) atoms. The molecule has 0 aliphatic carbocycles. The van der Waals surface area contributed by atoms with Crippen molar-refractivity contribution in [2.45, 2.75) is 6.92 Å². The van der Waals surface area contributed by atoms with Gasteiger partial charge in [-0.05, 0) is 18.6 Å². The first-order chi connectivity index (χ1) is 9.08. The Morgan fingerprint density at radius 2 is 1.79 bits per heavy atom. The van der Waals surface area contributed by atoms with Crippen LogP contribution in [0.3, 0.4) is 0 Å². The highest BCUT2D eigenvalue weighted by atomic mass is 15.5. The number of nitrogens with two attached hydrogens (primary N) is 1. The minimum Gasteiger partial charge on any atom is -0.393 e. The van der Waals surface area contributed by atoms with Crippen LogP contribution in [0.4, 0.5) is 23.0 Å². The number of rotatable bonds is 4. The van der Waals surface area contributed by atoms with Gasteiger partial charge in [0.15, 0.2) is 11.6 Å². The van der Waals surface area contributed by atoms with Crippen LogP contribution in [0, 0.1) is 6.92 Å². The molecule has 1 heterocycles. The predicted octanol–water partition coefficient (Wildman–Crippen LogP) is 2.00. The third kappa shape index (κ3) is 3.11. The molecule has 0 unspecified atom stereocenters. The Labute approximate surface area is 112 Å². The number of aromatic nitrogens is 2. The number of anilines is 4. The summed E-state index contributed by atoms with van der Waals surface area (Å²) in [7, 11) is 3.74. The maximum Gasteiger partial charge on any atom is 0.169 e. The Morgan fingerprint density at radius 3 is 2.47 bits per heavy atom. The molecule has 0 saturated heterocycles. The number of hydrogen-bond acceptors (Lipinski definition) is 6. The summed E-state index contributed by atoms with van der Waals surface area (Å²) in [5.74, 6) is 1.17. The fraction of sp³-hybridized carbons (Fsp3) is 0.231. The monoisotopic (exact) mass is 258 g/mol. The Kier molecular flexibility index (Phi) is 3.82. The second-order valence-corrected chi connectivity index (χ2v) is 4.43. The number of aryl methyl sites for hydroxylation is 1. The van der Waals surface area contributed by atoms with Crippen molar-refractivity contribution in [2.24, 2.45) is 0 Å². The molecule has 0 bridgehead atoms. The molecule has 6 heteroatoms. The summed E-state index contributed by atoms with van der Waals surface area (Å²) < 4.78 is 0. The van der Waals surface area contributed by atoms with Crippen LogP contribution in [-0.4, -0.2) is 29.1 Å². The summed E-state index contributed by atoms with van der Waals surface area (Å²) in [6.45, 7) is 2.03. The van der Waals surface area contributed by atoms with E-state index in [1.807, 2.05) is 45.3 Å². The first-order valence-corrected chi connectivity index (χ1v) is 5.95. The van der Waals surface area contributed by atoms with Gasteiger partial charge in [0.05, 0.1) is 0 Å². The highest BCUT2D eigenvalue weighted by Gasteiger charge is 2.09. The number of nitrogens with zero attached hydrogens (tertiary/aromatic N) is 3. The number of nitrogen functional groups attached to an aromatic ring is 1. The lowest BCUT2D eigenvalue weighted by Gasteiger charge is -2.16. The molecule has 0 aliphatic rings. The van der Waals surface area contributed by atoms with E-state index in [9.17, 15) is 0 Å². The summed E-state index contributed by atoms with van der Waals surface area (Å²) in [6.07, 6.45) is 1.48. The van der Waals surface area contributed by atoms with Gasteiger partial charge >= 0.3 is 0 Å². The van der Waals surface area contributed by atoms with E-state index < -0.39 is 0 Å². The largest absolute Gasteiger partial charge is 0.393 e. The maximum atomic E-state index is 6.05. The van der Waals surface area contributed by atoms with Crippen LogP contribution < -0.4 is 16.5 Å². The van der Waals surface area contributed by atoms with Crippen molar-refractivity contribution in [1.29, 1.82) is 0 Å². The lowest BCUT2D eigenvalue weighted by Crippen LogP contribution is -2.21. The number of benzene rings is 1. The standard InChI is InChI=1S/C13H18N6/c1-9-6-4-5-7-10(9)17-12-11(14)13(16-8-15-12)18-19(2)3/h4-8H,14H2,1-3H3,(H2,15,16,17,18). The number of hydrazine groups is 1. The average molecular weight is 258 g/mol. The van der Waals surface area contributed by atoms with E-state index in [-0.39, 0.29) is 0 Å². The smallest absolute Gasteiger partial charge is 0.169 e. The van der Waals surface area contributed by atoms with Gasteiger partial charge in [0.2, 0.25) is 0 Å². The summed E-state index contributed by atoms with van der Waals surface area (Å²) in [5, 5.41) is 4.99. The zero-order chi connectivity index (χ0) is 13.8. The molecule has 0 aliphatic heterocycles. The maximum absolute atomic E-state index is 6.05. The molecule has 1 aromatic carbocycles. The molecule has 0 saturated carbocycles. The van der Waals surface area contributed by atoms with Gasteiger partial charge in [-0.25, -0.2) is 15.0 Å². The van der Waals surface area contributed by atoms with Gasteiger partial charge in [0.1, 0.15) is 12.0 Å².